The summed E-state index contributed by atoms with van der Waals surface area (Å²) in [6, 6.07) is 6.66. The lowest BCUT2D eigenvalue weighted by Crippen LogP contribution is -2.58. The van der Waals surface area contributed by atoms with Crippen molar-refractivity contribution in [2.45, 2.75) is 48.4 Å². The highest BCUT2D eigenvalue weighted by Gasteiger charge is 2.45. The van der Waals surface area contributed by atoms with Crippen molar-refractivity contribution < 1.29 is 16.8 Å². The number of sulfonamides is 1. The normalized spacial score (nSPS) is 21.5. The molecule has 1 aromatic carbocycles. The molecule has 1 saturated heterocycles. The summed E-state index contributed by atoms with van der Waals surface area (Å²) in [5.41, 5.74) is 0.651. The smallest absolute Gasteiger partial charge is 0.218 e. The Morgan fingerprint density at radius 1 is 0.917 bits per heavy atom. The topological polar surface area (TPSA) is 71.5 Å². The lowest BCUT2D eigenvalue weighted by Gasteiger charge is -2.39. The highest BCUT2D eigenvalue weighted by molar-refractivity contribution is 7.93. The van der Waals surface area contributed by atoms with Crippen molar-refractivity contribution in [3.63, 3.8) is 0 Å². The van der Waals surface area contributed by atoms with Crippen molar-refractivity contribution in [1.29, 1.82) is 0 Å². The largest absolute Gasteiger partial charge is 0.228 e. The van der Waals surface area contributed by atoms with Crippen LogP contribution in [0.3, 0.4) is 0 Å². The molecule has 5 nitrogen and oxygen atoms in total. The molecule has 0 bridgehead atoms. The van der Waals surface area contributed by atoms with Gasteiger partial charge >= 0.3 is 0 Å². The number of hydrogen-bond acceptors (Lipinski definition) is 4. The van der Waals surface area contributed by atoms with Gasteiger partial charge < -0.3 is 0 Å². The lowest BCUT2D eigenvalue weighted by atomic mass is 10.0. The van der Waals surface area contributed by atoms with Crippen LogP contribution in [0.25, 0.3) is 0 Å². The summed E-state index contributed by atoms with van der Waals surface area (Å²) < 4.78 is 51.3. The third-order valence-corrected chi connectivity index (χ3v) is 9.61. The molecular formula is C16H22ClNO4S2. The van der Waals surface area contributed by atoms with Gasteiger partial charge in [0.25, 0.3) is 0 Å². The first-order valence-electron chi connectivity index (χ1n) is 8.24. The van der Waals surface area contributed by atoms with Crippen molar-refractivity contribution in [3.8, 4) is 0 Å². The van der Waals surface area contributed by atoms with Crippen LogP contribution in [-0.4, -0.2) is 44.7 Å². The van der Waals surface area contributed by atoms with Crippen LogP contribution in [-0.2, 0) is 25.6 Å². The Kier molecular flexibility index (Phi) is 5.25. The van der Waals surface area contributed by atoms with E-state index in [1.54, 1.807) is 24.3 Å². The van der Waals surface area contributed by atoms with Crippen LogP contribution in [0, 0.1) is 0 Å². The molecule has 0 unspecified atom stereocenters. The quantitative estimate of drug-likeness (QED) is 0.773. The fraction of sp³-hybridized carbons (Fsp3) is 0.625. The SMILES string of the molecule is O=S(=O)(C1CCCCC1)C1CN(S(=O)(=O)Cc2ccc(Cl)cc2)C1. The number of rotatable bonds is 5. The van der Waals surface area contributed by atoms with Gasteiger partial charge in [-0.2, -0.15) is 4.31 Å². The fourth-order valence-corrected chi connectivity index (χ4v) is 7.62. The van der Waals surface area contributed by atoms with E-state index in [-0.39, 0.29) is 24.1 Å². The molecule has 1 saturated carbocycles. The van der Waals surface area contributed by atoms with Gasteiger partial charge in [0.15, 0.2) is 9.84 Å². The van der Waals surface area contributed by atoms with Crippen LogP contribution in [0.4, 0.5) is 0 Å². The molecule has 3 rings (SSSR count). The third-order valence-electron chi connectivity index (χ3n) is 4.95. The molecular weight excluding hydrogens is 370 g/mol. The first-order chi connectivity index (χ1) is 11.3. The van der Waals surface area contributed by atoms with Gasteiger partial charge in [0.05, 0.1) is 16.3 Å². The van der Waals surface area contributed by atoms with E-state index >= 15 is 0 Å². The number of sulfone groups is 1. The molecule has 134 valence electrons. The van der Waals surface area contributed by atoms with Gasteiger partial charge in [-0.15, -0.1) is 0 Å². The van der Waals surface area contributed by atoms with Crippen molar-refractivity contribution in [3.05, 3.63) is 34.9 Å². The summed E-state index contributed by atoms with van der Waals surface area (Å²) in [5.74, 6) is -0.125. The molecule has 0 amide bonds. The average molecular weight is 392 g/mol. The average Bonchev–Trinajstić information content (AvgIpc) is 2.48. The Morgan fingerprint density at radius 3 is 2.08 bits per heavy atom. The fourth-order valence-electron chi connectivity index (χ4n) is 3.38. The van der Waals surface area contributed by atoms with E-state index in [1.807, 2.05) is 0 Å². The Hall–Kier alpha value is -0.630. The summed E-state index contributed by atoms with van der Waals surface area (Å²) >= 11 is 5.80. The van der Waals surface area contributed by atoms with E-state index in [1.165, 1.54) is 4.31 Å². The van der Waals surface area contributed by atoms with Crippen LogP contribution in [0.2, 0.25) is 5.02 Å². The molecule has 0 radical (unpaired) electrons. The van der Waals surface area contributed by atoms with Gasteiger partial charge in [0.2, 0.25) is 10.0 Å². The zero-order valence-corrected chi connectivity index (χ0v) is 15.8. The van der Waals surface area contributed by atoms with Crippen LogP contribution in [0.5, 0.6) is 0 Å². The summed E-state index contributed by atoms with van der Waals surface area (Å²) in [6.45, 7) is 0.184. The van der Waals surface area contributed by atoms with Crippen molar-refractivity contribution in [2.24, 2.45) is 0 Å². The van der Waals surface area contributed by atoms with Crippen LogP contribution in [0.1, 0.15) is 37.7 Å². The Labute approximate surface area is 149 Å². The Bertz CT molecular complexity index is 778. The van der Waals surface area contributed by atoms with E-state index in [9.17, 15) is 16.8 Å². The Balaban J connectivity index is 1.61. The number of halogens is 1. The maximum Gasteiger partial charge on any atom is 0.218 e. The molecule has 2 aliphatic rings. The zero-order chi connectivity index (χ0) is 17.4. The summed E-state index contributed by atoms with van der Waals surface area (Å²) in [7, 11) is -6.71. The monoisotopic (exact) mass is 391 g/mol. The van der Waals surface area contributed by atoms with Crippen LogP contribution >= 0.6 is 11.6 Å². The van der Waals surface area contributed by atoms with Gasteiger partial charge in [0, 0.05) is 18.1 Å². The Morgan fingerprint density at radius 2 is 1.50 bits per heavy atom. The number of nitrogens with zero attached hydrogens (tertiary/aromatic N) is 1. The van der Waals surface area contributed by atoms with Gasteiger partial charge in [0.1, 0.15) is 0 Å². The van der Waals surface area contributed by atoms with E-state index in [2.05, 4.69) is 0 Å². The van der Waals surface area contributed by atoms with E-state index in [0.717, 1.165) is 32.1 Å². The summed E-state index contributed by atoms with van der Waals surface area (Å²) in [5, 5.41) is -0.267. The molecule has 1 aliphatic carbocycles. The van der Waals surface area contributed by atoms with Gasteiger partial charge in [-0.1, -0.05) is 43.0 Å². The summed E-state index contributed by atoms with van der Waals surface area (Å²) in [6.07, 6.45) is 4.44. The standard InChI is InChI=1S/C16H22ClNO4S2/c17-14-8-6-13(7-9-14)12-23(19,20)18-10-16(11-18)24(21,22)15-4-2-1-3-5-15/h6-9,15-16H,1-5,10-12H2. The first kappa shape index (κ1) is 18.2. The molecule has 1 aliphatic heterocycles. The second-order valence-electron chi connectivity index (χ2n) is 6.67. The second-order valence-corrected chi connectivity index (χ2v) is 11.6. The minimum atomic E-state index is -3.49. The molecule has 0 atom stereocenters. The van der Waals surface area contributed by atoms with Crippen LogP contribution < -0.4 is 0 Å². The first-order valence-corrected chi connectivity index (χ1v) is 11.8. The molecule has 0 aromatic heterocycles. The summed E-state index contributed by atoms with van der Waals surface area (Å²) in [4.78, 5) is 0. The van der Waals surface area contributed by atoms with Crippen LogP contribution in [0.15, 0.2) is 24.3 Å². The molecule has 0 spiro atoms. The molecule has 2 fully saturated rings. The minimum Gasteiger partial charge on any atom is -0.228 e. The van der Waals surface area contributed by atoms with Crippen molar-refractivity contribution in [2.75, 3.05) is 13.1 Å². The van der Waals surface area contributed by atoms with Gasteiger partial charge in [-0.25, -0.2) is 16.8 Å². The van der Waals surface area contributed by atoms with E-state index < -0.39 is 25.1 Å². The maximum atomic E-state index is 12.6. The second kappa shape index (κ2) is 6.94. The highest BCUT2D eigenvalue weighted by atomic mass is 35.5. The zero-order valence-electron chi connectivity index (χ0n) is 13.4. The van der Waals surface area contributed by atoms with E-state index in [0.29, 0.717) is 10.6 Å². The predicted octanol–water partition coefficient (Wildman–Crippen LogP) is 2.60. The molecule has 0 N–H and O–H groups in total. The van der Waals surface area contributed by atoms with E-state index in [4.69, 9.17) is 11.6 Å². The van der Waals surface area contributed by atoms with Gasteiger partial charge in [-0.3, -0.25) is 0 Å². The predicted molar refractivity (Wildman–Crippen MR) is 95.2 cm³/mol. The van der Waals surface area contributed by atoms with Crippen molar-refractivity contribution in [1.82, 2.24) is 4.31 Å². The lowest BCUT2D eigenvalue weighted by molar-refractivity contribution is 0.306. The molecule has 1 aromatic rings. The van der Waals surface area contributed by atoms with Crippen molar-refractivity contribution >= 4 is 31.5 Å². The molecule has 24 heavy (non-hydrogen) atoms. The minimum absolute atomic E-state index is 0.0920. The van der Waals surface area contributed by atoms with Gasteiger partial charge in [-0.05, 0) is 30.5 Å². The number of benzene rings is 1. The molecule has 1 heterocycles. The maximum absolute atomic E-state index is 12.6. The highest BCUT2D eigenvalue weighted by Crippen LogP contribution is 2.31. The third kappa shape index (κ3) is 3.79. The molecule has 8 heteroatoms. The number of hydrogen-bond donors (Lipinski definition) is 0.